The smallest absolute Gasteiger partial charge is 0.188 e. The molecule has 0 aliphatic rings. The van der Waals surface area contributed by atoms with Gasteiger partial charge in [0, 0.05) is 11.6 Å². The third-order valence-electron chi connectivity index (χ3n) is 3.60. The Morgan fingerprint density at radius 2 is 1.92 bits per heavy atom. The SMILES string of the molecule is COc1ccc(CCN=C(N)NCCOc2cccc(Cl)c2)cc1OC. The maximum atomic E-state index is 5.90. The van der Waals surface area contributed by atoms with Crippen LogP contribution < -0.4 is 25.3 Å². The molecule has 0 atom stereocenters. The largest absolute Gasteiger partial charge is 0.493 e. The number of hydrogen-bond donors (Lipinski definition) is 2. The molecule has 0 aromatic heterocycles. The average molecular weight is 378 g/mol. The normalized spacial score (nSPS) is 11.1. The Kier molecular flexibility index (Phi) is 7.89. The molecule has 6 nitrogen and oxygen atoms in total. The van der Waals surface area contributed by atoms with Crippen LogP contribution in [0.3, 0.4) is 0 Å². The number of nitrogens with zero attached hydrogens (tertiary/aromatic N) is 1. The van der Waals surface area contributed by atoms with Crippen LogP contribution >= 0.6 is 11.6 Å². The van der Waals surface area contributed by atoms with Gasteiger partial charge < -0.3 is 25.3 Å². The Bertz CT molecular complexity index is 738. The molecule has 0 amide bonds. The van der Waals surface area contributed by atoms with E-state index in [1.807, 2.05) is 30.3 Å². The van der Waals surface area contributed by atoms with Crippen LogP contribution in [0.4, 0.5) is 0 Å². The monoisotopic (exact) mass is 377 g/mol. The molecule has 0 bridgehead atoms. The maximum Gasteiger partial charge on any atom is 0.188 e. The lowest BCUT2D eigenvalue weighted by Gasteiger charge is -2.10. The van der Waals surface area contributed by atoms with Crippen molar-refractivity contribution in [2.75, 3.05) is 33.9 Å². The van der Waals surface area contributed by atoms with E-state index in [0.717, 1.165) is 17.7 Å². The third-order valence-corrected chi connectivity index (χ3v) is 3.84. The number of ether oxygens (including phenoxy) is 3. The first kappa shape index (κ1) is 19.7. The van der Waals surface area contributed by atoms with Crippen molar-refractivity contribution >= 4 is 17.6 Å². The summed E-state index contributed by atoms with van der Waals surface area (Å²) in [4.78, 5) is 4.31. The molecule has 0 spiro atoms. The fraction of sp³-hybridized carbons (Fsp3) is 0.316. The van der Waals surface area contributed by atoms with Gasteiger partial charge in [0.25, 0.3) is 0 Å². The summed E-state index contributed by atoms with van der Waals surface area (Å²) < 4.78 is 16.1. The molecule has 7 heteroatoms. The molecular formula is C19H24ClN3O3. The molecule has 26 heavy (non-hydrogen) atoms. The van der Waals surface area contributed by atoms with Crippen LogP contribution in [0.5, 0.6) is 17.2 Å². The van der Waals surface area contributed by atoms with E-state index < -0.39 is 0 Å². The summed E-state index contributed by atoms with van der Waals surface area (Å²) in [5, 5.41) is 3.66. The van der Waals surface area contributed by atoms with Gasteiger partial charge in [0.15, 0.2) is 17.5 Å². The van der Waals surface area contributed by atoms with Crippen molar-refractivity contribution in [3.05, 3.63) is 53.1 Å². The summed E-state index contributed by atoms with van der Waals surface area (Å²) in [6.45, 7) is 1.59. The van der Waals surface area contributed by atoms with Crippen molar-refractivity contribution in [1.82, 2.24) is 5.32 Å². The highest BCUT2D eigenvalue weighted by Crippen LogP contribution is 2.27. The third kappa shape index (κ3) is 6.37. The van der Waals surface area contributed by atoms with Crippen molar-refractivity contribution in [3.8, 4) is 17.2 Å². The molecule has 2 aromatic carbocycles. The number of guanidine groups is 1. The van der Waals surface area contributed by atoms with E-state index in [9.17, 15) is 0 Å². The second-order valence-corrected chi connectivity index (χ2v) is 5.88. The van der Waals surface area contributed by atoms with Crippen LogP contribution in [-0.2, 0) is 6.42 Å². The van der Waals surface area contributed by atoms with Crippen LogP contribution in [0.25, 0.3) is 0 Å². The summed E-state index contributed by atoms with van der Waals surface area (Å²) in [6.07, 6.45) is 0.752. The van der Waals surface area contributed by atoms with E-state index in [1.165, 1.54) is 0 Å². The highest BCUT2D eigenvalue weighted by molar-refractivity contribution is 6.30. The average Bonchev–Trinajstić information content (AvgIpc) is 2.65. The molecule has 3 N–H and O–H groups in total. The molecule has 0 unspecified atom stereocenters. The minimum absolute atomic E-state index is 0.389. The molecule has 2 aromatic rings. The van der Waals surface area contributed by atoms with Crippen molar-refractivity contribution < 1.29 is 14.2 Å². The van der Waals surface area contributed by atoms with Gasteiger partial charge in [-0.15, -0.1) is 0 Å². The van der Waals surface area contributed by atoms with Crippen LogP contribution in [0, 0.1) is 0 Å². The fourth-order valence-electron chi connectivity index (χ4n) is 2.30. The number of benzene rings is 2. The van der Waals surface area contributed by atoms with E-state index in [1.54, 1.807) is 26.4 Å². The quantitative estimate of drug-likeness (QED) is 0.399. The Morgan fingerprint density at radius 3 is 2.65 bits per heavy atom. The van der Waals surface area contributed by atoms with Gasteiger partial charge in [-0.25, -0.2) is 0 Å². The molecule has 0 saturated heterocycles. The minimum atomic E-state index is 0.389. The van der Waals surface area contributed by atoms with Gasteiger partial charge in [-0.05, 0) is 42.3 Å². The lowest BCUT2D eigenvalue weighted by molar-refractivity contribution is 0.322. The summed E-state index contributed by atoms with van der Waals surface area (Å²) in [5.41, 5.74) is 6.96. The molecule has 0 fully saturated rings. The van der Waals surface area contributed by atoms with Crippen molar-refractivity contribution in [1.29, 1.82) is 0 Å². The van der Waals surface area contributed by atoms with Crippen molar-refractivity contribution in [3.63, 3.8) is 0 Å². The second-order valence-electron chi connectivity index (χ2n) is 5.44. The lowest BCUT2D eigenvalue weighted by atomic mass is 10.1. The second kappa shape index (κ2) is 10.4. The molecule has 2 rings (SSSR count). The van der Waals surface area contributed by atoms with E-state index in [4.69, 9.17) is 31.5 Å². The topological polar surface area (TPSA) is 78.1 Å². The molecule has 140 valence electrons. The van der Waals surface area contributed by atoms with Gasteiger partial charge in [-0.1, -0.05) is 23.7 Å². The predicted octanol–water partition coefficient (Wildman–Crippen LogP) is 2.88. The van der Waals surface area contributed by atoms with Gasteiger partial charge in [-0.2, -0.15) is 0 Å². The summed E-state index contributed by atoms with van der Waals surface area (Å²) in [7, 11) is 3.23. The zero-order chi connectivity index (χ0) is 18.8. The predicted molar refractivity (Wildman–Crippen MR) is 105 cm³/mol. The number of halogens is 1. The summed E-state index contributed by atoms with van der Waals surface area (Å²) in [6, 6.07) is 13.1. The van der Waals surface area contributed by atoms with Crippen molar-refractivity contribution in [2.45, 2.75) is 6.42 Å². The van der Waals surface area contributed by atoms with E-state index in [2.05, 4.69) is 10.3 Å². The highest BCUT2D eigenvalue weighted by atomic mass is 35.5. The molecule has 0 aliphatic heterocycles. The van der Waals surface area contributed by atoms with Gasteiger partial charge in [0.1, 0.15) is 12.4 Å². The number of methoxy groups -OCH3 is 2. The number of nitrogens with one attached hydrogen (secondary N) is 1. The van der Waals surface area contributed by atoms with Gasteiger partial charge in [0.05, 0.1) is 20.8 Å². The summed E-state index contributed by atoms with van der Waals surface area (Å²) in [5.74, 6) is 2.53. The number of hydrogen-bond acceptors (Lipinski definition) is 4. The molecular weight excluding hydrogens is 354 g/mol. The van der Waals surface area contributed by atoms with E-state index >= 15 is 0 Å². The molecule has 0 radical (unpaired) electrons. The molecule has 0 saturated carbocycles. The van der Waals surface area contributed by atoms with Crippen LogP contribution in [0.15, 0.2) is 47.5 Å². The number of aliphatic imine (C=N–C) groups is 1. The first-order valence-electron chi connectivity index (χ1n) is 8.25. The van der Waals surface area contributed by atoms with Gasteiger partial charge >= 0.3 is 0 Å². The maximum absolute atomic E-state index is 5.90. The van der Waals surface area contributed by atoms with Crippen LogP contribution in [0.2, 0.25) is 5.02 Å². The van der Waals surface area contributed by atoms with Gasteiger partial charge in [0.2, 0.25) is 0 Å². The van der Waals surface area contributed by atoms with E-state index in [-0.39, 0.29) is 0 Å². The Hall–Kier alpha value is -2.60. The zero-order valence-corrected chi connectivity index (χ0v) is 15.8. The first-order valence-corrected chi connectivity index (χ1v) is 8.63. The fourth-order valence-corrected chi connectivity index (χ4v) is 2.48. The molecule has 0 heterocycles. The number of rotatable bonds is 9. The summed E-state index contributed by atoms with van der Waals surface area (Å²) >= 11 is 5.90. The van der Waals surface area contributed by atoms with Crippen LogP contribution in [0.1, 0.15) is 5.56 Å². The van der Waals surface area contributed by atoms with E-state index in [0.29, 0.717) is 42.2 Å². The Balaban J connectivity index is 1.71. The lowest BCUT2D eigenvalue weighted by Crippen LogP contribution is -2.34. The zero-order valence-electron chi connectivity index (χ0n) is 15.0. The van der Waals surface area contributed by atoms with Crippen molar-refractivity contribution in [2.24, 2.45) is 10.7 Å². The number of nitrogens with two attached hydrogens (primary N) is 1. The standard InChI is InChI=1S/C19H24ClN3O3/c1-24-17-7-6-14(12-18(17)25-2)8-9-22-19(21)23-10-11-26-16-5-3-4-15(20)13-16/h3-7,12-13H,8-11H2,1-2H3,(H3,21,22,23). The van der Waals surface area contributed by atoms with Gasteiger partial charge in [-0.3, -0.25) is 4.99 Å². The Morgan fingerprint density at radius 1 is 1.12 bits per heavy atom. The highest BCUT2D eigenvalue weighted by Gasteiger charge is 2.04. The minimum Gasteiger partial charge on any atom is -0.493 e. The first-order chi connectivity index (χ1) is 12.6. The Labute approximate surface area is 158 Å². The molecule has 0 aliphatic carbocycles. The van der Waals surface area contributed by atoms with Crippen LogP contribution in [-0.4, -0.2) is 39.9 Å².